The standard InChI is InChI=1S/C20H27N5O2/c1-15(12-25-8-7-17-5-3-4-6-18(17)13-25)21-9-16-10-22-20(23-11-16)24(2)14-19(26)27/h3-6,10-11,15,21H,7-9,12-14H2,1-2H3,(H,26,27). The quantitative estimate of drug-likeness (QED) is 0.730. The van der Waals surface area contributed by atoms with E-state index < -0.39 is 5.97 Å². The Hall–Kier alpha value is -2.51. The van der Waals surface area contributed by atoms with E-state index in [0.717, 1.165) is 31.6 Å². The topological polar surface area (TPSA) is 81.6 Å². The fourth-order valence-corrected chi connectivity index (χ4v) is 3.36. The molecule has 0 aliphatic carbocycles. The molecule has 1 aliphatic rings. The third kappa shape index (κ3) is 5.48. The molecule has 3 rings (SSSR count). The van der Waals surface area contributed by atoms with Gasteiger partial charge in [0, 0.05) is 57.2 Å². The summed E-state index contributed by atoms with van der Waals surface area (Å²) in [5, 5.41) is 12.3. The van der Waals surface area contributed by atoms with E-state index in [1.165, 1.54) is 16.0 Å². The second kappa shape index (κ2) is 8.92. The second-order valence-corrected chi connectivity index (χ2v) is 7.18. The lowest BCUT2D eigenvalue weighted by molar-refractivity contribution is -0.135. The number of carboxylic acids is 1. The van der Waals surface area contributed by atoms with Gasteiger partial charge in [-0.05, 0) is 24.5 Å². The maximum atomic E-state index is 10.7. The summed E-state index contributed by atoms with van der Waals surface area (Å²) in [5.41, 5.74) is 3.89. The molecule has 1 atom stereocenters. The fourth-order valence-electron chi connectivity index (χ4n) is 3.36. The number of hydrogen-bond donors (Lipinski definition) is 2. The number of likely N-dealkylation sites (N-methyl/N-ethyl adjacent to an activating group) is 1. The molecular weight excluding hydrogens is 342 g/mol. The fraction of sp³-hybridized carbons (Fsp3) is 0.450. The van der Waals surface area contributed by atoms with Gasteiger partial charge in [0.2, 0.25) is 5.95 Å². The molecule has 0 saturated carbocycles. The minimum Gasteiger partial charge on any atom is -0.480 e. The molecule has 27 heavy (non-hydrogen) atoms. The number of nitrogens with one attached hydrogen (secondary N) is 1. The van der Waals surface area contributed by atoms with E-state index in [4.69, 9.17) is 5.11 Å². The van der Waals surface area contributed by atoms with Crippen molar-refractivity contribution >= 4 is 11.9 Å². The van der Waals surface area contributed by atoms with Gasteiger partial charge in [-0.15, -0.1) is 0 Å². The van der Waals surface area contributed by atoms with Gasteiger partial charge in [0.1, 0.15) is 6.54 Å². The summed E-state index contributed by atoms with van der Waals surface area (Å²) in [6.07, 6.45) is 4.61. The van der Waals surface area contributed by atoms with Gasteiger partial charge in [0.15, 0.2) is 0 Å². The highest BCUT2D eigenvalue weighted by Gasteiger charge is 2.17. The molecule has 0 amide bonds. The molecule has 7 nitrogen and oxygen atoms in total. The summed E-state index contributed by atoms with van der Waals surface area (Å²) in [4.78, 5) is 23.2. The summed E-state index contributed by atoms with van der Waals surface area (Å²) in [6, 6.07) is 9.03. The molecule has 0 spiro atoms. The molecule has 144 valence electrons. The second-order valence-electron chi connectivity index (χ2n) is 7.18. The first-order chi connectivity index (χ1) is 13.0. The number of aromatic nitrogens is 2. The number of aliphatic carboxylic acids is 1. The van der Waals surface area contributed by atoms with Crippen LogP contribution >= 0.6 is 0 Å². The van der Waals surface area contributed by atoms with E-state index in [1.54, 1.807) is 19.4 Å². The van der Waals surface area contributed by atoms with Crippen molar-refractivity contribution in [3.05, 3.63) is 53.3 Å². The molecule has 1 unspecified atom stereocenters. The Morgan fingerprint density at radius 2 is 2.00 bits per heavy atom. The van der Waals surface area contributed by atoms with Gasteiger partial charge in [-0.2, -0.15) is 0 Å². The van der Waals surface area contributed by atoms with E-state index in [0.29, 0.717) is 18.5 Å². The molecule has 1 aromatic carbocycles. The number of benzene rings is 1. The Bertz CT molecular complexity index is 765. The van der Waals surface area contributed by atoms with Crippen LogP contribution in [0.4, 0.5) is 5.95 Å². The first kappa shape index (κ1) is 19.3. The molecule has 1 aromatic heterocycles. The Morgan fingerprint density at radius 1 is 1.30 bits per heavy atom. The van der Waals surface area contributed by atoms with Gasteiger partial charge >= 0.3 is 5.97 Å². The van der Waals surface area contributed by atoms with E-state index in [9.17, 15) is 4.79 Å². The first-order valence-corrected chi connectivity index (χ1v) is 9.27. The van der Waals surface area contributed by atoms with Gasteiger partial charge in [-0.3, -0.25) is 9.69 Å². The van der Waals surface area contributed by atoms with Crippen LogP contribution in [0.25, 0.3) is 0 Å². The van der Waals surface area contributed by atoms with Crippen LogP contribution in [0.3, 0.4) is 0 Å². The third-order valence-corrected chi connectivity index (χ3v) is 4.80. The lowest BCUT2D eigenvalue weighted by Crippen LogP contribution is -2.41. The SMILES string of the molecule is CC(CN1CCc2ccccc2C1)NCc1cnc(N(C)CC(=O)O)nc1. The van der Waals surface area contributed by atoms with Gasteiger partial charge in [0.25, 0.3) is 0 Å². The highest BCUT2D eigenvalue weighted by Crippen LogP contribution is 2.18. The van der Waals surface area contributed by atoms with Gasteiger partial charge in [-0.25, -0.2) is 9.97 Å². The van der Waals surface area contributed by atoms with Crippen molar-refractivity contribution in [2.75, 3.05) is 31.6 Å². The number of rotatable bonds is 8. The van der Waals surface area contributed by atoms with Crippen LogP contribution in [-0.4, -0.2) is 58.7 Å². The van der Waals surface area contributed by atoms with Crippen LogP contribution in [0.2, 0.25) is 0 Å². The van der Waals surface area contributed by atoms with E-state index in [2.05, 4.69) is 51.4 Å². The number of fused-ring (bicyclic) bond motifs is 1. The van der Waals surface area contributed by atoms with Crippen LogP contribution in [-0.2, 0) is 24.3 Å². The van der Waals surface area contributed by atoms with Crippen LogP contribution in [0.1, 0.15) is 23.6 Å². The van der Waals surface area contributed by atoms with Crippen LogP contribution < -0.4 is 10.2 Å². The van der Waals surface area contributed by atoms with Gasteiger partial charge < -0.3 is 15.3 Å². The molecular formula is C20H27N5O2. The lowest BCUT2D eigenvalue weighted by Gasteiger charge is -2.31. The lowest BCUT2D eigenvalue weighted by atomic mass is 10.00. The smallest absolute Gasteiger partial charge is 0.323 e. The Labute approximate surface area is 160 Å². The van der Waals surface area contributed by atoms with E-state index in [1.807, 2.05) is 0 Å². The minimum absolute atomic E-state index is 0.117. The zero-order valence-corrected chi connectivity index (χ0v) is 15.9. The number of carbonyl (C=O) groups is 1. The number of nitrogens with zero attached hydrogens (tertiary/aromatic N) is 4. The Balaban J connectivity index is 1.45. The molecule has 0 fully saturated rings. The normalized spacial score (nSPS) is 15.2. The number of carboxylic acid groups (broad SMARTS) is 1. The van der Waals surface area contributed by atoms with Crippen molar-refractivity contribution in [3.8, 4) is 0 Å². The predicted molar refractivity (Wildman–Crippen MR) is 105 cm³/mol. The van der Waals surface area contributed by atoms with Crippen molar-refractivity contribution in [2.45, 2.75) is 32.5 Å². The molecule has 2 aromatic rings. The maximum absolute atomic E-state index is 10.7. The highest BCUT2D eigenvalue weighted by atomic mass is 16.4. The van der Waals surface area contributed by atoms with E-state index >= 15 is 0 Å². The summed E-state index contributed by atoms with van der Waals surface area (Å²) >= 11 is 0. The molecule has 7 heteroatoms. The van der Waals surface area contributed by atoms with Crippen molar-refractivity contribution in [3.63, 3.8) is 0 Å². The number of anilines is 1. The summed E-state index contributed by atoms with van der Waals surface area (Å²) in [5.74, 6) is -0.484. The molecule has 0 saturated heterocycles. The van der Waals surface area contributed by atoms with Gasteiger partial charge in [0.05, 0.1) is 0 Å². The molecule has 2 heterocycles. The van der Waals surface area contributed by atoms with Crippen molar-refractivity contribution in [1.82, 2.24) is 20.2 Å². The first-order valence-electron chi connectivity index (χ1n) is 9.27. The number of hydrogen-bond acceptors (Lipinski definition) is 6. The monoisotopic (exact) mass is 369 g/mol. The van der Waals surface area contributed by atoms with Crippen LogP contribution in [0.15, 0.2) is 36.7 Å². The summed E-state index contributed by atoms with van der Waals surface area (Å²) in [6.45, 7) is 5.86. The third-order valence-electron chi connectivity index (χ3n) is 4.80. The molecule has 2 N–H and O–H groups in total. The molecule has 0 radical (unpaired) electrons. The Kier molecular flexibility index (Phi) is 6.36. The van der Waals surface area contributed by atoms with Crippen LogP contribution in [0, 0.1) is 0 Å². The van der Waals surface area contributed by atoms with Crippen molar-refractivity contribution < 1.29 is 9.90 Å². The highest BCUT2D eigenvalue weighted by molar-refractivity contribution is 5.72. The van der Waals surface area contributed by atoms with Crippen LogP contribution in [0.5, 0.6) is 0 Å². The molecule has 0 bridgehead atoms. The van der Waals surface area contributed by atoms with Crippen molar-refractivity contribution in [1.29, 1.82) is 0 Å². The maximum Gasteiger partial charge on any atom is 0.323 e. The zero-order chi connectivity index (χ0) is 19.2. The average Bonchev–Trinajstić information content (AvgIpc) is 2.66. The summed E-state index contributed by atoms with van der Waals surface area (Å²) in [7, 11) is 1.67. The molecule has 1 aliphatic heterocycles. The summed E-state index contributed by atoms with van der Waals surface area (Å²) < 4.78 is 0. The average molecular weight is 369 g/mol. The predicted octanol–water partition coefficient (Wildman–Crippen LogP) is 1.53. The largest absolute Gasteiger partial charge is 0.480 e. The zero-order valence-electron chi connectivity index (χ0n) is 15.9. The van der Waals surface area contributed by atoms with Crippen molar-refractivity contribution in [2.24, 2.45) is 0 Å². The van der Waals surface area contributed by atoms with Gasteiger partial charge in [-0.1, -0.05) is 24.3 Å². The Morgan fingerprint density at radius 3 is 2.70 bits per heavy atom. The minimum atomic E-state index is -0.902. The van der Waals surface area contributed by atoms with E-state index in [-0.39, 0.29) is 6.54 Å².